The predicted molar refractivity (Wildman–Crippen MR) is 128 cm³/mol. The summed E-state index contributed by atoms with van der Waals surface area (Å²) in [6.45, 7) is 12.2. The molecule has 0 aromatic heterocycles. The van der Waals surface area contributed by atoms with Crippen LogP contribution >= 0.6 is 0 Å². The van der Waals surface area contributed by atoms with Crippen molar-refractivity contribution in [1.82, 2.24) is 15.5 Å². The largest absolute Gasteiger partial charge is 0.508 e. The second kappa shape index (κ2) is 12.6. The highest BCUT2D eigenvalue weighted by Gasteiger charge is 2.36. The molecule has 0 spiro atoms. The number of hydrogen-bond acceptors (Lipinski definition) is 6. The van der Waals surface area contributed by atoms with Crippen LogP contribution in [0.4, 0.5) is 4.79 Å². The molecule has 1 aromatic rings. The molecule has 0 aliphatic heterocycles. The van der Waals surface area contributed by atoms with Crippen LogP contribution in [0.1, 0.15) is 59.1 Å². The zero-order valence-corrected chi connectivity index (χ0v) is 20.5. The number of aromatic hydroxyl groups is 1. The summed E-state index contributed by atoms with van der Waals surface area (Å²) in [7, 11) is 0. The fraction of sp³-hybridized carbons (Fsp3) is 0.500. The van der Waals surface area contributed by atoms with Gasteiger partial charge in [0.25, 0.3) is 0 Å². The Balaban J connectivity index is 3.43. The minimum atomic E-state index is -1.20. The van der Waals surface area contributed by atoms with Gasteiger partial charge in [-0.1, -0.05) is 18.2 Å². The zero-order chi connectivity index (χ0) is 26.1. The first-order valence-electron chi connectivity index (χ1n) is 11.0. The van der Waals surface area contributed by atoms with Crippen LogP contribution in [0, 0.1) is 0 Å². The molecular formula is C24H36N4O6. The van der Waals surface area contributed by atoms with Crippen molar-refractivity contribution in [2.75, 3.05) is 6.54 Å². The molecule has 0 bridgehead atoms. The van der Waals surface area contributed by atoms with Crippen LogP contribution in [0.3, 0.4) is 0 Å². The van der Waals surface area contributed by atoms with Gasteiger partial charge in [-0.3, -0.25) is 14.4 Å². The van der Waals surface area contributed by atoms with E-state index in [1.807, 2.05) is 0 Å². The van der Waals surface area contributed by atoms with Crippen LogP contribution in [0.15, 0.2) is 36.9 Å². The van der Waals surface area contributed by atoms with Crippen molar-refractivity contribution in [3.8, 4) is 5.75 Å². The van der Waals surface area contributed by atoms with Gasteiger partial charge in [0.15, 0.2) is 0 Å². The Morgan fingerprint density at radius 1 is 1.21 bits per heavy atom. The predicted octanol–water partition coefficient (Wildman–Crippen LogP) is 2.13. The minimum absolute atomic E-state index is 0.0479. The molecule has 0 saturated carbocycles. The van der Waals surface area contributed by atoms with Gasteiger partial charge in [0.1, 0.15) is 23.4 Å². The second-order valence-electron chi connectivity index (χ2n) is 9.14. The summed E-state index contributed by atoms with van der Waals surface area (Å²) in [6.07, 6.45) is 0.312. The third-order valence-corrected chi connectivity index (χ3v) is 4.45. The number of carbonyl (C=O) groups excluding carboxylic acids is 4. The number of benzene rings is 1. The Labute approximate surface area is 200 Å². The topological polar surface area (TPSA) is 151 Å². The Hall–Kier alpha value is -3.56. The maximum atomic E-state index is 13.7. The lowest BCUT2D eigenvalue weighted by Gasteiger charge is -2.34. The third-order valence-electron chi connectivity index (χ3n) is 4.45. The van der Waals surface area contributed by atoms with E-state index in [1.54, 1.807) is 46.8 Å². The highest BCUT2D eigenvalue weighted by atomic mass is 16.6. The first-order chi connectivity index (χ1) is 15.7. The number of nitrogens with two attached hydrogens (primary N) is 1. The van der Waals surface area contributed by atoms with E-state index < -0.39 is 41.5 Å². The summed E-state index contributed by atoms with van der Waals surface area (Å²) >= 11 is 0. The minimum Gasteiger partial charge on any atom is -0.508 e. The van der Waals surface area contributed by atoms with Crippen molar-refractivity contribution < 1.29 is 29.0 Å². The van der Waals surface area contributed by atoms with Crippen LogP contribution in [0.2, 0.25) is 0 Å². The summed E-state index contributed by atoms with van der Waals surface area (Å²) < 4.78 is 5.26. The molecule has 0 radical (unpaired) electrons. The lowest BCUT2D eigenvalue weighted by atomic mass is 10.0. The number of carbonyl (C=O) groups is 4. The smallest absolute Gasteiger partial charge is 0.408 e. The first kappa shape index (κ1) is 28.5. The van der Waals surface area contributed by atoms with E-state index in [0.29, 0.717) is 5.56 Å². The Kier molecular flexibility index (Phi) is 10.6. The maximum absolute atomic E-state index is 13.7. The van der Waals surface area contributed by atoms with Crippen molar-refractivity contribution in [2.45, 2.75) is 71.2 Å². The lowest BCUT2D eigenvalue weighted by Crippen LogP contribution is -2.53. The number of phenols is 1. The summed E-state index contributed by atoms with van der Waals surface area (Å²) in [4.78, 5) is 51.9. The molecule has 2 unspecified atom stereocenters. The van der Waals surface area contributed by atoms with Gasteiger partial charge in [0.2, 0.25) is 17.7 Å². The quantitative estimate of drug-likeness (QED) is 0.359. The van der Waals surface area contributed by atoms with Crippen molar-refractivity contribution in [3.63, 3.8) is 0 Å². The molecule has 0 saturated heterocycles. The highest BCUT2D eigenvalue weighted by molar-refractivity contribution is 5.92. The molecule has 0 fully saturated rings. The fourth-order valence-electron chi connectivity index (χ4n) is 3.19. The molecule has 1 aromatic carbocycles. The molecule has 34 heavy (non-hydrogen) atoms. The molecule has 0 heterocycles. The Morgan fingerprint density at radius 2 is 1.85 bits per heavy atom. The van der Waals surface area contributed by atoms with Gasteiger partial charge in [-0.05, 0) is 58.7 Å². The number of phenolic OH excluding ortho intramolecular Hbond substituents is 1. The van der Waals surface area contributed by atoms with Gasteiger partial charge in [-0.25, -0.2) is 4.79 Å². The van der Waals surface area contributed by atoms with Crippen LogP contribution in [0.25, 0.3) is 0 Å². The van der Waals surface area contributed by atoms with E-state index in [2.05, 4.69) is 17.2 Å². The van der Waals surface area contributed by atoms with Crippen molar-refractivity contribution >= 4 is 23.8 Å². The summed E-state index contributed by atoms with van der Waals surface area (Å²) in [5.41, 5.74) is 4.81. The molecule has 5 N–H and O–H groups in total. The van der Waals surface area contributed by atoms with Gasteiger partial charge in [0.05, 0.1) is 0 Å². The van der Waals surface area contributed by atoms with E-state index >= 15 is 0 Å². The number of primary amides is 1. The zero-order valence-electron chi connectivity index (χ0n) is 20.5. The molecule has 10 heteroatoms. The lowest BCUT2D eigenvalue weighted by molar-refractivity contribution is -0.142. The molecule has 2 atom stereocenters. The van der Waals surface area contributed by atoms with Crippen LogP contribution < -0.4 is 16.4 Å². The summed E-state index contributed by atoms with van der Waals surface area (Å²) in [5, 5.41) is 15.2. The van der Waals surface area contributed by atoms with E-state index in [-0.39, 0.29) is 31.2 Å². The van der Waals surface area contributed by atoms with E-state index in [9.17, 15) is 24.3 Å². The molecule has 0 aliphatic carbocycles. The fourth-order valence-corrected chi connectivity index (χ4v) is 3.19. The number of alkyl carbamates (subject to hydrolysis) is 1. The average Bonchev–Trinajstić information content (AvgIpc) is 2.68. The van der Waals surface area contributed by atoms with E-state index in [1.165, 1.54) is 23.1 Å². The number of nitrogens with zero attached hydrogens (tertiary/aromatic N) is 1. The first-order valence-corrected chi connectivity index (χ1v) is 11.0. The normalized spacial score (nSPS) is 12.9. The van der Waals surface area contributed by atoms with Crippen LogP contribution in [0.5, 0.6) is 5.75 Å². The molecule has 0 aliphatic rings. The van der Waals surface area contributed by atoms with Crippen molar-refractivity contribution in [1.29, 1.82) is 0 Å². The molecule has 1 rings (SSSR count). The molecule has 4 amide bonds. The monoisotopic (exact) mass is 476 g/mol. The van der Waals surface area contributed by atoms with Crippen molar-refractivity contribution in [3.05, 3.63) is 42.5 Å². The maximum Gasteiger partial charge on any atom is 0.408 e. The second-order valence-corrected chi connectivity index (χ2v) is 9.14. The van der Waals surface area contributed by atoms with Crippen LogP contribution in [-0.4, -0.2) is 58.1 Å². The number of ether oxygens (including phenoxy) is 1. The van der Waals surface area contributed by atoms with E-state index in [4.69, 9.17) is 10.5 Å². The van der Waals surface area contributed by atoms with Crippen LogP contribution in [-0.2, 0) is 19.1 Å². The summed E-state index contributed by atoms with van der Waals surface area (Å²) in [5.74, 6) is -1.86. The number of amides is 4. The van der Waals surface area contributed by atoms with Gasteiger partial charge < -0.3 is 31.1 Å². The molecule has 188 valence electrons. The number of nitrogens with one attached hydrogen (secondary N) is 2. The Bertz CT molecular complexity index is 894. The van der Waals surface area contributed by atoms with Gasteiger partial charge >= 0.3 is 6.09 Å². The SMILES string of the molecule is C=CCN(C(=O)C(CCC(N)=O)NC(=O)OC(C)(C)C)C(C(=O)NC(C)C)c1cccc(O)c1. The summed E-state index contributed by atoms with van der Waals surface area (Å²) in [6, 6.07) is 3.42. The van der Waals surface area contributed by atoms with Crippen molar-refractivity contribution in [2.24, 2.45) is 5.73 Å². The highest BCUT2D eigenvalue weighted by Crippen LogP contribution is 2.26. The standard InChI is InChI=1S/C24H36N4O6/c1-7-13-28(20(21(31)26-15(2)3)16-9-8-10-17(29)14-16)22(32)18(11-12-19(25)30)27-23(33)34-24(4,5)6/h7-10,14-15,18,20,29H,1,11-13H2,2-6H3,(H2,25,30)(H,26,31)(H,27,33). The van der Waals surface area contributed by atoms with Gasteiger partial charge in [-0.15, -0.1) is 6.58 Å². The molecule has 10 nitrogen and oxygen atoms in total. The molecular weight excluding hydrogens is 440 g/mol. The number of hydrogen-bond donors (Lipinski definition) is 4. The van der Waals surface area contributed by atoms with Gasteiger partial charge in [0, 0.05) is 19.0 Å². The third kappa shape index (κ3) is 9.51. The Morgan fingerprint density at radius 3 is 2.35 bits per heavy atom. The van der Waals surface area contributed by atoms with Gasteiger partial charge in [-0.2, -0.15) is 0 Å². The van der Waals surface area contributed by atoms with E-state index in [0.717, 1.165) is 0 Å². The average molecular weight is 477 g/mol. The number of rotatable bonds is 11.